The Labute approximate surface area is 219 Å². The molecular formula is C25H21NO8S3. The van der Waals surface area contributed by atoms with Gasteiger partial charge in [-0.3, -0.25) is 4.55 Å². The van der Waals surface area contributed by atoms with Crippen molar-refractivity contribution in [2.45, 2.75) is 9.10 Å². The zero-order valence-electron chi connectivity index (χ0n) is 19.1. The first-order valence-corrected chi connectivity index (χ1v) is 14.1. The molecule has 2 N–H and O–H groups in total. The Balaban J connectivity index is 1.39. The third kappa shape index (κ3) is 6.35. The molecule has 192 valence electrons. The molecule has 0 fully saturated rings. The van der Waals surface area contributed by atoms with Gasteiger partial charge in [-0.25, -0.2) is 21.7 Å². The minimum absolute atomic E-state index is 0.0571. The molecule has 0 spiro atoms. The molecule has 0 bridgehead atoms. The Kier molecular flexibility index (Phi) is 8.24. The Morgan fingerprint density at radius 3 is 1.95 bits per heavy atom. The van der Waals surface area contributed by atoms with Gasteiger partial charge in [0, 0.05) is 0 Å². The van der Waals surface area contributed by atoms with Crippen molar-refractivity contribution in [3.8, 4) is 11.5 Å². The van der Waals surface area contributed by atoms with E-state index < -0.39 is 27.1 Å². The molecule has 1 atom stereocenters. The van der Waals surface area contributed by atoms with Crippen LogP contribution in [0.25, 0.3) is 0 Å². The summed E-state index contributed by atoms with van der Waals surface area (Å²) < 4.78 is 60.2. The molecule has 9 nitrogen and oxygen atoms in total. The lowest BCUT2D eigenvalue weighted by Gasteiger charge is -2.18. The molecule has 12 heteroatoms. The molecular weight excluding hydrogens is 538 g/mol. The average molecular weight is 560 g/mol. The van der Waals surface area contributed by atoms with E-state index in [2.05, 4.69) is 0 Å². The van der Waals surface area contributed by atoms with Crippen molar-refractivity contribution in [1.82, 2.24) is 0 Å². The first kappa shape index (κ1) is 26.4. The number of thiophene rings is 1. The number of aromatic carboxylic acids is 1. The van der Waals surface area contributed by atoms with Crippen LogP contribution in [-0.4, -0.2) is 41.5 Å². The maximum Gasteiger partial charge on any atom is 0.335 e. The van der Waals surface area contributed by atoms with Crippen molar-refractivity contribution in [1.29, 1.82) is 0 Å². The van der Waals surface area contributed by atoms with Crippen LogP contribution in [0.15, 0.2) is 100 Å². The molecule has 0 aliphatic heterocycles. The number of carboxylic acids is 1. The van der Waals surface area contributed by atoms with E-state index in [0.29, 0.717) is 17.2 Å². The van der Waals surface area contributed by atoms with Gasteiger partial charge in [-0.05, 0) is 72.8 Å². The van der Waals surface area contributed by atoms with Crippen LogP contribution >= 0.6 is 11.3 Å². The molecule has 1 aromatic heterocycles. The highest BCUT2D eigenvalue weighted by Gasteiger charge is 2.24. The summed E-state index contributed by atoms with van der Waals surface area (Å²) in [6.45, 7) is 0.427. The summed E-state index contributed by atoms with van der Waals surface area (Å²) in [7, 11) is -3.75. The lowest BCUT2D eigenvalue weighted by Crippen LogP contribution is -2.18. The fraction of sp³-hybridized carbons (Fsp3) is 0.0800. The molecule has 4 rings (SSSR count). The second-order valence-electron chi connectivity index (χ2n) is 7.45. The fourth-order valence-corrected chi connectivity index (χ4v) is 6.73. The van der Waals surface area contributed by atoms with E-state index in [9.17, 15) is 22.0 Å². The SMILES string of the molecule is O=C(O)c1ccc(OCCOc2ccc(N(c3ccc(S(=O)(=O)c4ccccc4)s3)S(=O)O)cc2)cc1. The number of carbonyl (C=O) groups is 1. The van der Waals surface area contributed by atoms with Gasteiger partial charge >= 0.3 is 5.97 Å². The molecule has 4 aromatic rings. The van der Waals surface area contributed by atoms with Crippen LogP contribution < -0.4 is 13.8 Å². The van der Waals surface area contributed by atoms with Crippen LogP contribution in [-0.2, 0) is 21.1 Å². The normalized spacial score (nSPS) is 12.0. The molecule has 1 unspecified atom stereocenters. The van der Waals surface area contributed by atoms with Crippen molar-refractivity contribution in [2.75, 3.05) is 17.5 Å². The monoisotopic (exact) mass is 559 g/mol. The average Bonchev–Trinajstić information content (AvgIpc) is 3.39. The molecule has 37 heavy (non-hydrogen) atoms. The van der Waals surface area contributed by atoms with Gasteiger partial charge in [-0.1, -0.05) is 18.2 Å². The standard InChI is InChI=1S/C25H21NO8S3/c27-25(28)18-6-10-20(11-7-18)33-16-17-34-21-12-8-19(9-13-21)26(36(29)30)23-14-15-24(35-23)37(31,32)22-4-2-1-3-5-22/h1-15H,16-17H2,(H,27,28)(H,29,30). The molecule has 3 aromatic carbocycles. The summed E-state index contributed by atoms with van der Waals surface area (Å²) in [4.78, 5) is 11.0. The number of nitrogens with zero attached hydrogens (tertiary/aromatic N) is 1. The van der Waals surface area contributed by atoms with Crippen LogP contribution in [0.4, 0.5) is 10.7 Å². The van der Waals surface area contributed by atoms with Gasteiger partial charge < -0.3 is 14.6 Å². The number of rotatable bonds is 11. The quantitative estimate of drug-likeness (QED) is 0.194. The van der Waals surface area contributed by atoms with Crippen molar-refractivity contribution < 1.29 is 36.6 Å². The van der Waals surface area contributed by atoms with Gasteiger partial charge in [0.1, 0.15) is 33.9 Å². The number of ether oxygens (including phenoxy) is 2. The molecule has 0 saturated heterocycles. The number of anilines is 2. The van der Waals surface area contributed by atoms with Crippen molar-refractivity contribution >= 4 is 49.1 Å². The highest BCUT2D eigenvalue weighted by molar-refractivity contribution is 7.93. The summed E-state index contributed by atoms with van der Waals surface area (Å²) in [5, 5.41) is 9.21. The minimum Gasteiger partial charge on any atom is -0.490 e. The van der Waals surface area contributed by atoms with E-state index in [-0.39, 0.29) is 32.9 Å². The third-order valence-corrected chi connectivity index (χ3v) is 9.20. The first-order valence-electron chi connectivity index (χ1n) is 10.8. The van der Waals surface area contributed by atoms with Crippen molar-refractivity contribution in [3.63, 3.8) is 0 Å². The van der Waals surface area contributed by atoms with Crippen molar-refractivity contribution in [2.24, 2.45) is 0 Å². The largest absolute Gasteiger partial charge is 0.490 e. The van der Waals surface area contributed by atoms with E-state index >= 15 is 0 Å². The smallest absolute Gasteiger partial charge is 0.335 e. The van der Waals surface area contributed by atoms with E-state index in [1.165, 1.54) is 36.4 Å². The molecule has 0 radical (unpaired) electrons. The Bertz CT molecular complexity index is 1490. The summed E-state index contributed by atoms with van der Waals surface area (Å²) >= 11 is -1.56. The van der Waals surface area contributed by atoms with Gasteiger partial charge in [0.25, 0.3) is 11.3 Å². The zero-order chi connectivity index (χ0) is 26.4. The van der Waals surface area contributed by atoms with Gasteiger partial charge in [0.05, 0.1) is 16.1 Å². The summed E-state index contributed by atoms with van der Waals surface area (Å²) in [6.07, 6.45) is 0. The summed E-state index contributed by atoms with van der Waals surface area (Å²) in [6, 6.07) is 23.3. The number of carboxylic acid groups (broad SMARTS) is 1. The number of sulfone groups is 1. The predicted octanol–water partition coefficient (Wildman–Crippen LogP) is 5.01. The van der Waals surface area contributed by atoms with Gasteiger partial charge in [-0.2, -0.15) is 0 Å². The fourth-order valence-electron chi connectivity index (χ4n) is 3.26. The maximum absolute atomic E-state index is 12.9. The van der Waals surface area contributed by atoms with Crippen molar-refractivity contribution in [3.05, 3.63) is 96.6 Å². The second kappa shape index (κ2) is 11.6. The van der Waals surface area contributed by atoms with E-state index in [0.717, 1.165) is 15.6 Å². The van der Waals surface area contributed by atoms with Crippen LogP contribution in [0, 0.1) is 0 Å². The number of hydrogen-bond acceptors (Lipinski definition) is 7. The summed E-state index contributed by atoms with van der Waals surface area (Å²) in [5.41, 5.74) is 0.534. The van der Waals surface area contributed by atoms with E-state index in [4.69, 9.17) is 14.6 Å². The third-order valence-electron chi connectivity index (χ3n) is 5.04. The molecule has 0 aliphatic carbocycles. The maximum atomic E-state index is 12.9. The number of hydrogen-bond donors (Lipinski definition) is 2. The van der Waals surface area contributed by atoms with E-state index in [1.807, 2.05) is 0 Å². The van der Waals surface area contributed by atoms with E-state index in [1.54, 1.807) is 54.6 Å². The van der Waals surface area contributed by atoms with Gasteiger partial charge in [-0.15, -0.1) is 11.3 Å². The van der Waals surface area contributed by atoms with Crippen LogP contribution in [0.1, 0.15) is 10.4 Å². The Hall–Kier alpha value is -3.71. The molecule has 1 heterocycles. The first-order chi connectivity index (χ1) is 17.8. The Morgan fingerprint density at radius 1 is 0.838 bits per heavy atom. The van der Waals surface area contributed by atoms with Crippen LogP contribution in [0.3, 0.4) is 0 Å². The Morgan fingerprint density at radius 2 is 1.41 bits per heavy atom. The highest BCUT2D eigenvalue weighted by Crippen LogP contribution is 2.37. The second-order valence-corrected chi connectivity index (χ2v) is 11.5. The van der Waals surface area contributed by atoms with Crippen LogP contribution in [0.2, 0.25) is 0 Å². The lowest BCUT2D eigenvalue weighted by molar-refractivity contribution is 0.0696. The highest BCUT2D eigenvalue weighted by atomic mass is 32.2. The molecule has 0 saturated carbocycles. The lowest BCUT2D eigenvalue weighted by atomic mass is 10.2. The van der Waals surface area contributed by atoms with Gasteiger partial charge in [0.15, 0.2) is 0 Å². The molecule has 0 amide bonds. The summed E-state index contributed by atoms with van der Waals surface area (Å²) in [5.74, 6) is -0.0101. The predicted molar refractivity (Wildman–Crippen MR) is 140 cm³/mol. The minimum atomic E-state index is -3.75. The zero-order valence-corrected chi connectivity index (χ0v) is 21.5. The van der Waals surface area contributed by atoms with Crippen LogP contribution in [0.5, 0.6) is 11.5 Å². The number of benzene rings is 3. The molecule has 0 aliphatic rings. The topological polar surface area (TPSA) is 130 Å². The van der Waals surface area contributed by atoms with Gasteiger partial charge in [0.2, 0.25) is 9.84 Å².